The van der Waals surface area contributed by atoms with E-state index in [2.05, 4.69) is 15.4 Å². The highest BCUT2D eigenvalue weighted by Crippen LogP contribution is 2.14. The molecule has 1 aromatic rings. The fourth-order valence-corrected chi connectivity index (χ4v) is 1.10. The molecular formula is C11H14N2O4. The minimum absolute atomic E-state index is 0.140. The molecule has 6 nitrogen and oxygen atoms in total. The standard InChI is InChI=1S/C11H14N2O4/c1-16-9-5-3-8(4-6-9)13-10(14)7-12-11(15)17-2/h3-6H,7H2,1-2H3,(H,12,15)(H,13,14). The van der Waals surface area contributed by atoms with Crippen molar-refractivity contribution in [3.63, 3.8) is 0 Å². The van der Waals surface area contributed by atoms with Crippen LogP contribution < -0.4 is 15.4 Å². The Bertz CT molecular complexity index is 389. The van der Waals surface area contributed by atoms with Gasteiger partial charge in [-0.1, -0.05) is 0 Å². The van der Waals surface area contributed by atoms with Crippen LogP contribution in [0.2, 0.25) is 0 Å². The number of ether oxygens (including phenoxy) is 2. The van der Waals surface area contributed by atoms with E-state index < -0.39 is 6.09 Å². The van der Waals surface area contributed by atoms with Gasteiger partial charge in [-0.25, -0.2) is 4.79 Å². The number of alkyl carbamates (subject to hydrolysis) is 1. The summed E-state index contributed by atoms with van der Waals surface area (Å²) in [6.07, 6.45) is -0.644. The second-order valence-electron chi connectivity index (χ2n) is 3.12. The molecule has 2 amide bonds. The number of nitrogens with one attached hydrogen (secondary N) is 2. The van der Waals surface area contributed by atoms with E-state index in [0.717, 1.165) is 0 Å². The van der Waals surface area contributed by atoms with Gasteiger partial charge >= 0.3 is 6.09 Å². The molecule has 0 saturated heterocycles. The zero-order valence-corrected chi connectivity index (χ0v) is 9.65. The zero-order chi connectivity index (χ0) is 12.7. The van der Waals surface area contributed by atoms with Gasteiger partial charge in [0, 0.05) is 5.69 Å². The van der Waals surface area contributed by atoms with Crippen molar-refractivity contribution in [2.75, 3.05) is 26.1 Å². The maximum Gasteiger partial charge on any atom is 0.407 e. The quantitative estimate of drug-likeness (QED) is 0.820. The molecule has 1 rings (SSSR count). The first-order valence-electron chi connectivity index (χ1n) is 4.91. The Morgan fingerprint density at radius 1 is 1.18 bits per heavy atom. The van der Waals surface area contributed by atoms with Gasteiger partial charge in [-0.2, -0.15) is 0 Å². The second kappa shape index (κ2) is 6.37. The van der Waals surface area contributed by atoms with Crippen molar-refractivity contribution in [2.24, 2.45) is 0 Å². The molecule has 0 radical (unpaired) electrons. The zero-order valence-electron chi connectivity index (χ0n) is 9.65. The molecule has 0 atom stereocenters. The lowest BCUT2D eigenvalue weighted by Gasteiger charge is -2.06. The van der Waals surface area contributed by atoms with Crippen LogP contribution in [0, 0.1) is 0 Å². The average Bonchev–Trinajstić information content (AvgIpc) is 2.36. The van der Waals surface area contributed by atoms with Crippen LogP contribution in [0.15, 0.2) is 24.3 Å². The van der Waals surface area contributed by atoms with E-state index in [1.165, 1.54) is 7.11 Å². The molecule has 17 heavy (non-hydrogen) atoms. The summed E-state index contributed by atoms with van der Waals surface area (Å²) in [5.41, 5.74) is 0.627. The van der Waals surface area contributed by atoms with Crippen LogP contribution in [-0.4, -0.2) is 32.8 Å². The van der Waals surface area contributed by atoms with Crippen LogP contribution in [-0.2, 0) is 9.53 Å². The van der Waals surface area contributed by atoms with Gasteiger partial charge in [0.25, 0.3) is 0 Å². The largest absolute Gasteiger partial charge is 0.497 e. The van der Waals surface area contributed by atoms with Crippen LogP contribution in [0.25, 0.3) is 0 Å². The smallest absolute Gasteiger partial charge is 0.407 e. The molecule has 0 fully saturated rings. The van der Waals surface area contributed by atoms with E-state index in [0.29, 0.717) is 11.4 Å². The molecule has 0 aromatic heterocycles. The molecule has 0 aliphatic heterocycles. The Kier molecular flexibility index (Phi) is 4.80. The minimum Gasteiger partial charge on any atom is -0.497 e. The van der Waals surface area contributed by atoms with Crippen LogP contribution >= 0.6 is 0 Å². The number of benzene rings is 1. The highest BCUT2D eigenvalue weighted by molar-refractivity contribution is 5.93. The summed E-state index contributed by atoms with van der Waals surface area (Å²) in [5.74, 6) is 0.372. The van der Waals surface area contributed by atoms with E-state index in [1.807, 2.05) is 0 Å². The van der Waals surface area contributed by atoms with Crippen molar-refractivity contribution < 1.29 is 19.1 Å². The molecule has 2 N–H and O–H groups in total. The summed E-state index contributed by atoms with van der Waals surface area (Å²) in [6.45, 7) is -0.140. The van der Waals surface area contributed by atoms with E-state index in [4.69, 9.17) is 4.74 Å². The van der Waals surface area contributed by atoms with Crippen molar-refractivity contribution in [1.29, 1.82) is 0 Å². The first-order valence-corrected chi connectivity index (χ1v) is 4.91. The third-order valence-electron chi connectivity index (χ3n) is 1.95. The predicted octanol–water partition coefficient (Wildman–Crippen LogP) is 0.990. The lowest BCUT2D eigenvalue weighted by Crippen LogP contribution is -2.32. The maximum absolute atomic E-state index is 11.4. The first-order chi connectivity index (χ1) is 8.15. The van der Waals surface area contributed by atoms with Gasteiger partial charge in [-0.3, -0.25) is 4.79 Å². The van der Waals surface area contributed by atoms with Crippen molar-refractivity contribution in [3.05, 3.63) is 24.3 Å². The molecule has 0 spiro atoms. The number of carbonyl (C=O) groups is 2. The molecule has 0 unspecified atom stereocenters. The highest BCUT2D eigenvalue weighted by Gasteiger charge is 2.05. The summed E-state index contributed by atoms with van der Waals surface area (Å²) in [4.78, 5) is 22.1. The van der Waals surface area contributed by atoms with Crippen LogP contribution in [0.5, 0.6) is 5.75 Å². The number of hydrogen-bond acceptors (Lipinski definition) is 4. The Labute approximate surface area is 98.9 Å². The van der Waals surface area contributed by atoms with Gasteiger partial charge in [0.15, 0.2) is 0 Å². The van der Waals surface area contributed by atoms with Crippen molar-refractivity contribution in [3.8, 4) is 5.75 Å². The van der Waals surface area contributed by atoms with E-state index in [1.54, 1.807) is 31.4 Å². The number of rotatable bonds is 4. The van der Waals surface area contributed by atoms with Crippen LogP contribution in [0.3, 0.4) is 0 Å². The summed E-state index contributed by atoms with van der Waals surface area (Å²) in [6, 6.07) is 6.86. The average molecular weight is 238 g/mol. The Balaban J connectivity index is 2.42. The van der Waals surface area contributed by atoms with Crippen molar-refractivity contribution in [2.45, 2.75) is 0 Å². The molecule has 1 aromatic carbocycles. The predicted molar refractivity (Wildman–Crippen MR) is 62.0 cm³/mol. The summed E-state index contributed by atoms with van der Waals surface area (Å²) in [7, 11) is 2.80. The summed E-state index contributed by atoms with van der Waals surface area (Å²) < 4.78 is 9.32. The van der Waals surface area contributed by atoms with E-state index >= 15 is 0 Å². The lowest BCUT2D eigenvalue weighted by molar-refractivity contribution is -0.115. The molecule has 0 heterocycles. The summed E-state index contributed by atoms with van der Waals surface area (Å²) >= 11 is 0. The highest BCUT2D eigenvalue weighted by atomic mass is 16.5. The van der Waals surface area contributed by atoms with Crippen molar-refractivity contribution >= 4 is 17.7 Å². The number of carbonyl (C=O) groups excluding carboxylic acids is 2. The third-order valence-corrected chi connectivity index (χ3v) is 1.95. The fraction of sp³-hybridized carbons (Fsp3) is 0.273. The normalized spacial score (nSPS) is 9.29. The molecule has 0 bridgehead atoms. The van der Waals surface area contributed by atoms with E-state index in [-0.39, 0.29) is 12.5 Å². The second-order valence-corrected chi connectivity index (χ2v) is 3.12. The first kappa shape index (κ1) is 12.8. The van der Waals surface area contributed by atoms with Gasteiger partial charge in [0.2, 0.25) is 5.91 Å². The summed E-state index contributed by atoms with van der Waals surface area (Å²) in [5, 5.41) is 4.88. The third kappa shape index (κ3) is 4.42. The van der Waals surface area contributed by atoms with E-state index in [9.17, 15) is 9.59 Å². The lowest BCUT2D eigenvalue weighted by atomic mass is 10.3. The van der Waals surface area contributed by atoms with Gasteiger partial charge in [-0.15, -0.1) is 0 Å². The monoisotopic (exact) mass is 238 g/mol. The number of methoxy groups -OCH3 is 2. The van der Waals surface area contributed by atoms with Gasteiger partial charge in [-0.05, 0) is 24.3 Å². The molecular weight excluding hydrogens is 224 g/mol. The Morgan fingerprint density at radius 2 is 1.82 bits per heavy atom. The van der Waals surface area contributed by atoms with Crippen molar-refractivity contribution in [1.82, 2.24) is 5.32 Å². The molecule has 6 heteroatoms. The van der Waals surface area contributed by atoms with Gasteiger partial charge in [0.05, 0.1) is 14.2 Å². The SMILES string of the molecule is COC(=O)NCC(=O)Nc1ccc(OC)cc1. The fourth-order valence-electron chi connectivity index (χ4n) is 1.10. The molecule has 0 aliphatic carbocycles. The Hall–Kier alpha value is -2.24. The molecule has 92 valence electrons. The van der Waals surface area contributed by atoms with Crippen LogP contribution in [0.1, 0.15) is 0 Å². The number of amides is 2. The topological polar surface area (TPSA) is 76.7 Å². The van der Waals surface area contributed by atoms with Gasteiger partial charge < -0.3 is 20.1 Å². The number of hydrogen-bond donors (Lipinski definition) is 2. The number of anilines is 1. The molecule has 0 aliphatic rings. The van der Waals surface area contributed by atoms with Gasteiger partial charge in [0.1, 0.15) is 12.3 Å². The molecule has 0 saturated carbocycles. The minimum atomic E-state index is -0.644. The maximum atomic E-state index is 11.4. The van der Waals surface area contributed by atoms with Crippen LogP contribution in [0.4, 0.5) is 10.5 Å². The Morgan fingerprint density at radius 3 is 2.35 bits per heavy atom.